The van der Waals surface area contributed by atoms with Gasteiger partial charge in [0.25, 0.3) is 0 Å². The van der Waals surface area contributed by atoms with E-state index in [2.05, 4.69) is 116 Å². The smallest absolute Gasteiger partial charge is 0.115 e. The molecule has 2 atom stereocenters. The molecule has 2 saturated heterocycles. The van der Waals surface area contributed by atoms with E-state index in [9.17, 15) is 4.39 Å². The van der Waals surface area contributed by atoms with Crippen molar-refractivity contribution >= 4 is 16.6 Å². The first kappa shape index (κ1) is 42.6. The van der Waals surface area contributed by atoms with Crippen molar-refractivity contribution in [1.82, 2.24) is 25.3 Å². The summed E-state index contributed by atoms with van der Waals surface area (Å²) in [7, 11) is 0. The third-order valence-corrected chi connectivity index (χ3v) is 12.4. The molecule has 57 heavy (non-hydrogen) atoms. The van der Waals surface area contributed by atoms with E-state index in [-0.39, 0.29) is 11.5 Å². The van der Waals surface area contributed by atoms with Crippen LogP contribution in [0.2, 0.25) is 0 Å². The summed E-state index contributed by atoms with van der Waals surface area (Å²) >= 11 is 0. The first-order valence-corrected chi connectivity index (χ1v) is 21.8. The van der Waals surface area contributed by atoms with E-state index in [1.807, 2.05) is 6.07 Å². The molecule has 0 saturated carbocycles. The molecule has 4 heterocycles. The average molecular weight is 776 g/mol. The zero-order valence-corrected chi connectivity index (χ0v) is 35.7. The van der Waals surface area contributed by atoms with Crippen LogP contribution in [-0.2, 0) is 26.1 Å². The van der Waals surface area contributed by atoms with Crippen molar-refractivity contribution in [3.8, 4) is 22.4 Å². The zero-order valence-electron chi connectivity index (χ0n) is 35.7. The summed E-state index contributed by atoms with van der Waals surface area (Å²) < 4.78 is 16.9. The fourth-order valence-corrected chi connectivity index (χ4v) is 9.31. The van der Waals surface area contributed by atoms with Crippen molar-refractivity contribution in [2.24, 2.45) is 11.1 Å². The van der Waals surface area contributed by atoms with E-state index in [0.717, 1.165) is 112 Å². The molecule has 0 radical (unpaired) electrons. The first-order chi connectivity index (χ1) is 27.5. The Morgan fingerprint density at radius 1 is 1.04 bits per heavy atom. The van der Waals surface area contributed by atoms with Gasteiger partial charge in [-0.3, -0.25) is 9.88 Å². The molecule has 2 aromatic carbocycles. The standard InChI is InChI=1S/C49H70FN7/c1-8-53-54-22-14-11-10-12-16-37-26-38(32-50)28-40(27-37)39-18-19-46-43(29-39)45(31-49(6,7)21-20-35(3)4)48(57(46)9-2)44-30-42(33-52-47(44)36(5)51)56-25-24-55-23-15-13-17-41(55)34-56/h8,18-19,26-30,33,36,41,53-54H,1,3,9-17,20-25,31-32,34,51H2,2,4-7H3. The summed E-state index contributed by atoms with van der Waals surface area (Å²) in [6.45, 7) is 24.8. The molecule has 2 unspecified atom stereocenters. The van der Waals surface area contributed by atoms with Gasteiger partial charge in [-0.1, -0.05) is 63.5 Å². The Morgan fingerprint density at radius 2 is 1.84 bits per heavy atom. The molecule has 8 heteroatoms. The van der Waals surface area contributed by atoms with E-state index >= 15 is 0 Å². The van der Waals surface area contributed by atoms with Crippen LogP contribution in [0.4, 0.5) is 10.1 Å². The fourth-order valence-electron chi connectivity index (χ4n) is 9.31. The van der Waals surface area contributed by atoms with Crippen LogP contribution in [0.1, 0.15) is 121 Å². The molecule has 6 rings (SSSR count). The third kappa shape index (κ3) is 10.6. The summed E-state index contributed by atoms with van der Waals surface area (Å²) in [6, 6.07) is 16.1. The minimum Gasteiger partial charge on any atom is -0.367 e. The summed E-state index contributed by atoms with van der Waals surface area (Å²) in [4.78, 5) is 10.4. The molecule has 2 aliphatic heterocycles. The number of pyridine rings is 1. The normalized spacial score (nSPS) is 16.8. The van der Waals surface area contributed by atoms with E-state index in [0.29, 0.717) is 6.04 Å². The van der Waals surface area contributed by atoms with Crippen LogP contribution in [-0.4, -0.2) is 53.2 Å². The Labute approximate surface area is 343 Å². The number of fused-ring (bicyclic) bond motifs is 2. The number of hydrogen-bond donors (Lipinski definition) is 3. The van der Waals surface area contributed by atoms with Crippen LogP contribution in [0.25, 0.3) is 33.3 Å². The Balaban J connectivity index is 1.42. The van der Waals surface area contributed by atoms with E-state index in [4.69, 9.17) is 10.7 Å². The number of piperidine rings is 1. The van der Waals surface area contributed by atoms with Crippen LogP contribution in [0, 0.1) is 5.41 Å². The molecule has 0 amide bonds. The van der Waals surface area contributed by atoms with E-state index in [1.54, 1.807) is 6.20 Å². The highest BCUT2D eigenvalue weighted by molar-refractivity contribution is 5.95. The second-order valence-corrected chi connectivity index (χ2v) is 17.8. The molecular weight excluding hydrogens is 706 g/mol. The maximum absolute atomic E-state index is 14.4. The topological polar surface area (TPSA) is 74.4 Å². The number of allylic oxidation sites excluding steroid dienone is 1. The van der Waals surface area contributed by atoms with Crippen molar-refractivity contribution in [1.29, 1.82) is 0 Å². The van der Waals surface area contributed by atoms with Crippen LogP contribution >= 0.6 is 0 Å². The number of piperazine rings is 1. The van der Waals surface area contributed by atoms with Crippen molar-refractivity contribution in [2.45, 2.75) is 131 Å². The number of hydrazine groups is 1. The van der Waals surface area contributed by atoms with Crippen LogP contribution in [0.5, 0.6) is 0 Å². The molecule has 0 spiro atoms. The van der Waals surface area contributed by atoms with Gasteiger partial charge in [-0.05, 0) is 136 Å². The molecule has 4 aromatic rings. The maximum Gasteiger partial charge on any atom is 0.115 e. The molecule has 4 N–H and O–H groups in total. The SMILES string of the molecule is C=CNNCCCCCCc1cc(CF)cc(-c2ccc3c(c2)c(CC(C)(C)CCC(=C)C)c(-c2cc(N4CCN5CCCCC5C4)cnc2C(C)N)n3CC)c1. The number of aromatic nitrogens is 2. The lowest BCUT2D eigenvalue weighted by Gasteiger charge is -2.45. The van der Waals surface area contributed by atoms with E-state index < -0.39 is 6.67 Å². The number of aryl methyl sites for hydroxylation is 2. The Bertz CT molecular complexity index is 1980. The maximum atomic E-state index is 14.4. The number of rotatable bonds is 20. The molecule has 2 aliphatic rings. The minimum atomic E-state index is -0.469. The highest BCUT2D eigenvalue weighted by Crippen LogP contribution is 2.43. The van der Waals surface area contributed by atoms with Crippen molar-refractivity contribution in [3.63, 3.8) is 0 Å². The van der Waals surface area contributed by atoms with Gasteiger partial charge in [-0.2, -0.15) is 0 Å². The van der Waals surface area contributed by atoms with Gasteiger partial charge in [-0.25, -0.2) is 9.82 Å². The monoisotopic (exact) mass is 776 g/mol. The third-order valence-electron chi connectivity index (χ3n) is 12.4. The van der Waals surface area contributed by atoms with Gasteiger partial charge in [0.05, 0.1) is 23.3 Å². The number of nitrogens with two attached hydrogens (primary N) is 1. The van der Waals surface area contributed by atoms with Gasteiger partial charge in [-0.15, -0.1) is 6.58 Å². The lowest BCUT2D eigenvalue weighted by atomic mass is 9.79. The van der Waals surface area contributed by atoms with Crippen molar-refractivity contribution < 1.29 is 4.39 Å². The summed E-state index contributed by atoms with van der Waals surface area (Å²) in [5.41, 5.74) is 25.4. The number of unbranched alkanes of at least 4 members (excludes halogenated alkanes) is 3. The summed E-state index contributed by atoms with van der Waals surface area (Å²) in [5.74, 6) is 0. The van der Waals surface area contributed by atoms with Crippen LogP contribution in [0.15, 0.2) is 73.6 Å². The lowest BCUT2D eigenvalue weighted by molar-refractivity contribution is 0.133. The number of hydrogen-bond acceptors (Lipinski definition) is 6. The van der Waals surface area contributed by atoms with Gasteiger partial charge >= 0.3 is 0 Å². The molecule has 2 aromatic heterocycles. The Kier molecular flexibility index (Phi) is 14.7. The van der Waals surface area contributed by atoms with Crippen LogP contribution in [0.3, 0.4) is 0 Å². The molecule has 2 fully saturated rings. The molecule has 0 aliphatic carbocycles. The predicted octanol–water partition coefficient (Wildman–Crippen LogP) is 10.8. The highest BCUT2D eigenvalue weighted by Gasteiger charge is 2.31. The van der Waals surface area contributed by atoms with Gasteiger partial charge in [0.1, 0.15) is 6.67 Å². The fraction of sp³-hybridized carbons (Fsp3) is 0.531. The number of anilines is 1. The lowest BCUT2D eigenvalue weighted by Crippen LogP contribution is -2.54. The van der Waals surface area contributed by atoms with E-state index in [1.165, 1.54) is 64.8 Å². The number of benzene rings is 2. The Morgan fingerprint density at radius 3 is 2.60 bits per heavy atom. The number of nitrogens with zero attached hydrogens (tertiary/aromatic N) is 4. The molecule has 308 valence electrons. The molecule has 7 nitrogen and oxygen atoms in total. The molecule has 0 bridgehead atoms. The predicted molar refractivity (Wildman–Crippen MR) is 240 cm³/mol. The quantitative estimate of drug-likeness (QED) is 0.0472. The van der Waals surface area contributed by atoms with Gasteiger partial charge in [0.15, 0.2) is 0 Å². The first-order valence-electron chi connectivity index (χ1n) is 21.8. The minimum absolute atomic E-state index is 0.0208. The van der Waals surface area contributed by atoms with Gasteiger partial charge in [0, 0.05) is 67.5 Å². The summed E-state index contributed by atoms with van der Waals surface area (Å²) in [6.07, 6.45) is 16.0. The Hall–Kier alpha value is -3.98. The molecular formula is C49H70FN7. The second-order valence-electron chi connectivity index (χ2n) is 17.8. The van der Waals surface area contributed by atoms with Gasteiger partial charge < -0.3 is 20.6 Å². The van der Waals surface area contributed by atoms with Gasteiger partial charge in [0.2, 0.25) is 0 Å². The largest absolute Gasteiger partial charge is 0.367 e. The number of alkyl halides is 1. The summed E-state index contributed by atoms with van der Waals surface area (Å²) in [5, 5.41) is 1.26. The second kappa shape index (κ2) is 19.6. The average Bonchev–Trinajstić information content (AvgIpc) is 3.51. The number of nitrogens with one attached hydrogen (secondary N) is 2. The number of halogens is 1. The van der Waals surface area contributed by atoms with Crippen molar-refractivity contribution in [2.75, 3.05) is 37.6 Å². The van der Waals surface area contributed by atoms with Crippen molar-refractivity contribution in [3.05, 3.63) is 96.0 Å². The highest BCUT2D eigenvalue weighted by atomic mass is 19.1. The zero-order chi connectivity index (χ0) is 40.5. The van der Waals surface area contributed by atoms with Crippen LogP contribution < -0.4 is 21.5 Å².